The number of thiocarbonyl (C=S) groups is 1. The predicted molar refractivity (Wildman–Crippen MR) is 135 cm³/mol. The number of amides is 1. The number of fused-ring (bicyclic) bond motifs is 1. The van der Waals surface area contributed by atoms with Gasteiger partial charge in [-0.2, -0.15) is 0 Å². The van der Waals surface area contributed by atoms with Crippen molar-refractivity contribution in [2.75, 3.05) is 5.32 Å². The van der Waals surface area contributed by atoms with Crippen molar-refractivity contribution in [2.45, 2.75) is 26.4 Å². The molecular weight excluding hydrogens is 496 g/mol. The zero-order valence-electron chi connectivity index (χ0n) is 18.7. The Morgan fingerprint density at radius 3 is 2.57 bits per heavy atom. The minimum atomic E-state index is -1.06. The molecule has 10 heteroatoms. The summed E-state index contributed by atoms with van der Waals surface area (Å²) >= 11 is 11.3. The molecule has 1 heterocycles. The summed E-state index contributed by atoms with van der Waals surface area (Å²) in [6.45, 7) is 4.00. The first-order chi connectivity index (χ1) is 16.7. The fraction of sp³-hybridized carbons (Fsp3) is 0.160. The molecule has 0 fully saturated rings. The van der Waals surface area contributed by atoms with Gasteiger partial charge in [-0.05, 0) is 80.2 Å². The number of oxazole rings is 1. The van der Waals surface area contributed by atoms with Crippen LogP contribution < -0.4 is 15.4 Å². The normalized spacial score (nSPS) is 11.8. The van der Waals surface area contributed by atoms with Crippen LogP contribution in [-0.2, 0) is 0 Å². The van der Waals surface area contributed by atoms with Crippen molar-refractivity contribution in [3.63, 3.8) is 0 Å². The van der Waals surface area contributed by atoms with E-state index in [4.69, 9.17) is 33.0 Å². The number of nitrogens with one attached hydrogen (secondary N) is 2. The number of benzene rings is 3. The second kappa shape index (κ2) is 10.4. The summed E-state index contributed by atoms with van der Waals surface area (Å²) in [5, 5.41) is 5.59. The highest BCUT2D eigenvalue weighted by molar-refractivity contribution is 7.80. The predicted octanol–water partition coefficient (Wildman–Crippen LogP) is 6.73. The smallest absolute Gasteiger partial charge is 0.257 e. The summed E-state index contributed by atoms with van der Waals surface area (Å²) < 4.78 is 38.4. The quantitative estimate of drug-likeness (QED) is 0.219. The van der Waals surface area contributed by atoms with E-state index in [1.54, 1.807) is 42.5 Å². The van der Waals surface area contributed by atoms with E-state index in [1.807, 2.05) is 13.8 Å². The van der Waals surface area contributed by atoms with E-state index in [-0.39, 0.29) is 33.6 Å². The van der Waals surface area contributed by atoms with E-state index in [9.17, 15) is 13.6 Å². The van der Waals surface area contributed by atoms with Crippen molar-refractivity contribution in [2.24, 2.45) is 0 Å². The van der Waals surface area contributed by atoms with Gasteiger partial charge in [0, 0.05) is 11.3 Å². The van der Waals surface area contributed by atoms with Gasteiger partial charge >= 0.3 is 0 Å². The molecule has 1 atom stereocenters. The number of carbonyl (C=O) groups excluding carboxylic acids is 1. The highest BCUT2D eigenvalue weighted by atomic mass is 35.5. The number of ether oxygens (including phenoxy) is 1. The minimum Gasteiger partial charge on any atom is -0.491 e. The number of hydrogen-bond donors (Lipinski definition) is 2. The number of nitrogens with zero attached hydrogens (tertiary/aromatic N) is 1. The fourth-order valence-electron chi connectivity index (χ4n) is 3.14. The Morgan fingerprint density at radius 2 is 1.86 bits per heavy atom. The Labute approximate surface area is 210 Å². The number of anilines is 1. The number of aromatic nitrogens is 1. The Balaban J connectivity index is 1.43. The third kappa shape index (κ3) is 5.75. The number of rotatable bonds is 6. The first-order valence-electron chi connectivity index (χ1n) is 10.7. The minimum absolute atomic E-state index is 0.0304. The average molecular weight is 516 g/mol. The Morgan fingerprint density at radius 1 is 1.14 bits per heavy atom. The summed E-state index contributed by atoms with van der Waals surface area (Å²) in [6.07, 6.45) is 0.959. The summed E-state index contributed by atoms with van der Waals surface area (Å²) in [5.74, 6) is -1.78. The van der Waals surface area contributed by atoms with Crippen LogP contribution in [0.2, 0.25) is 5.02 Å². The van der Waals surface area contributed by atoms with Crippen molar-refractivity contribution in [3.8, 4) is 17.2 Å². The molecule has 1 amide bonds. The SMILES string of the molecule is CCC(C)Oc1ccc(C(=O)NC(=S)Nc2ccc3oc(-c4cc(F)c(F)cc4Cl)nc3c2)cc1. The monoisotopic (exact) mass is 515 g/mol. The van der Waals surface area contributed by atoms with Gasteiger partial charge in [0.1, 0.15) is 11.3 Å². The molecule has 0 aliphatic rings. The Bertz CT molecular complexity index is 1410. The summed E-state index contributed by atoms with van der Waals surface area (Å²) in [5.41, 5.74) is 1.92. The highest BCUT2D eigenvalue weighted by Crippen LogP contribution is 2.32. The standard InChI is InChI=1S/C25H20ClF2N3O3S/c1-3-13(2)33-16-7-4-14(5-8-16)23(32)31-25(35)29-15-6-9-22-21(10-15)30-24(34-22)17-11-19(27)20(28)12-18(17)26/h4-13H,3H2,1-2H3,(H2,29,31,32,35). The van der Waals surface area contributed by atoms with Gasteiger partial charge in [-0.25, -0.2) is 13.8 Å². The molecule has 0 radical (unpaired) electrons. The van der Waals surface area contributed by atoms with Gasteiger partial charge in [-0.15, -0.1) is 0 Å². The zero-order chi connectivity index (χ0) is 25.1. The van der Waals surface area contributed by atoms with E-state index >= 15 is 0 Å². The molecule has 180 valence electrons. The molecule has 6 nitrogen and oxygen atoms in total. The fourth-order valence-corrected chi connectivity index (χ4v) is 3.59. The second-order valence-corrected chi connectivity index (χ2v) is 8.53. The van der Waals surface area contributed by atoms with Gasteiger partial charge in [0.25, 0.3) is 5.91 Å². The van der Waals surface area contributed by atoms with E-state index in [0.717, 1.165) is 18.6 Å². The molecule has 4 aromatic rings. The van der Waals surface area contributed by atoms with Crippen molar-refractivity contribution in [3.05, 3.63) is 76.8 Å². The molecule has 0 spiro atoms. The lowest BCUT2D eigenvalue weighted by atomic mass is 10.2. The Hall–Kier alpha value is -3.56. The molecule has 35 heavy (non-hydrogen) atoms. The van der Waals surface area contributed by atoms with E-state index in [1.165, 1.54) is 0 Å². The summed E-state index contributed by atoms with van der Waals surface area (Å²) in [6, 6.07) is 13.5. The van der Waals surface area contributed by atoms with Crippen LogP contribution in [-0.4, -0.2) is 22.1 Å². The van der Waals surface area contributed by atoms with Gasteiger partial charge in [-0.1, -0.05) is 18.5 Å². The van der Waals surface area contributed by atoms with E-state index in [2.05, 4.69) is 15.6 Å². The maximum absolute atomic E-state index is 13.7. The summed E-state index contributed by atoms with van der Waals surface area (Å²) in [4.78, 5) is 16.8. The van der Waals surface area contributed by atoms with Crippen LogP contribution in [0, 0.1) is 11.6 Å². The van der Waals surface area contributed by atoms with Crippen LogP contribution in [0.25, 0.3) is 22.6 Å². The average Bonchev–Trinajstić information content (AvgIpc) is 3.24. The molecule has 0 saturated carbocycles. The van der Waals surface area contributed by atoms with Gasteiger partial charge in [0.05, 0.1) is 16.7 Å². The van der Waals surface area contributed by atoms with Gasteiger partial charge < -0.3 is 14.5 Å². The zero-order valence-corrected chi connectivity index (χ0v) is 20.3. The van der Waals surface area contributed by atoms with Crippen molar-refractivity contribution < 1.29 is 22.7 Å². The lowest BCUT2D eigenvalue weighted by Crippen LogP contribution is -2.34. The molecule has 0 aliphatic carbocycles. The van der Waals surface area contributed by atoms with Crippen molar-refractivity contribution in [1.29, 1.82) is 0 Å². The van der Waals surface area contributed by atoms with Gasteiger partial charge in [0.2, 0.25) is 5.89 Å². The molecule has 3 aromatic carbocycles. The number of hydrogen-bond acceptors (Lipinski definition) is 5. The molecule has 0 bridgehead atoms. The largest absolute Gasteiger partial charge is 0.491 e. The third-order valence-corrected chi connectivity index (χ3v) is 5.66. The van der Waals surface area contributed by atoms with Crippen LogP contribution in [0.4, 0.5) is 14.5 Å². The molecule has 0 saturated heterocycles. The third-order valence-electron chi connectivity index (χ3n) is 5.14. The first kappa shape index (κ1) is 24.6. The first-order valence-corrected chi connectivity index (χ1v) is 11.5. The molecule has 1 aromatic heterocycles. The van der Waals surface area contributed by atoms with Crippen LogP contribution in [0.5, 0.6) is 5.75 Å². The maximum Gasteiger partial charge on any atom is 0.257 e. The maximum atomic E-state index is 13.7. The highest BCUT2D eigenvalue weighted by Gasteiger charge is 2.16. The molecule has 1 unspecified atom stereocenters. The summed E-state index contributed by atoms with van der Waals surface area (Å²) in [7, 11) is 0. The molecular formula is C25H20ClF2N3O3S. The number of halogens is 3. The van der Waals surface area contributed by atoms with Crippen molar-refractivity contribution >= 4 is 51.6 Å². The second-order valence-electron chi connectivity index (χ2n) is 7.72. The van der Waals surface area contributed by atoms with Crippen LogP contribution in [0.3, 0.4) is 0 Å². The molecule has 2 N–H and O–H groups in total. The topological polar surface area (TPSA) is 76.4 Å². The Kier molecular flexibility index (Phi) is 7.28. The van der Waals surface area contributed by atoms with E-state index < -0.39 is 11.6 Å². The molecule has 4 rings (SSSR count). The van der Waals surface area contributed by atoms with Crippen LogP contribution >= 0.6 is 23.8 Å². The van der Waals surface area contributed by atoms with Crippen molar-refractivity contribution in [1.82, 2.24) is 10.3 Å². The lowest BCUT2D eigenvalue weighted by Gasteiger charge is -2.13. The van der Waals surface area contributed by atoms with Crippen LogP contribution in [0.1, 0.15) is 30.6 Å². The van der Waals surface area contributed by atoms with Crippen LogP contribution in [0.15, 0.2) is 59.0 Å². The number of carbonyl (C=O) groups is 1. The lowest BCUT2D eigenvalue weighted by molar-refractivity contribution is 0.0977. The van der Waals surface area contributed by atoms with E-state index in [0.29, 0.717) is 28.1 Å². The van der Waals surface area contributed by atoms with Gasteiger partial charge in [-0.3, -0.25) is 10.1 Å². The van der Waals surface area contributed by atoms with Gasteiger partial charge in [0.15, 0.2) is 22.3 Å². The molecule has 0 aliphatic heterocycles.